The molecule has 2 aromatic rings. The van der Waals surface area contributed by atoms with Crippen molar-refractivity contribution in [3.63, 3.8) is 0 Å². The van der Waals surface area contributed by atoms with Crippen LogP contribution < -0.4 is 0 Å². The molecular formula is C20H18O4. The minimum Gasteiger partial charge on any atom is -0.290 e. The molecule has 0 bridgehead atoms. The first kappa shape index (κ1) is 17.5. The average Bonchev–Trinajstić information content (AvgIpc) is 2.62. The van der Waals surface area contributed by atoms with Gasteiger partial charge in [0.25, 0.3) is 11.6 Å². The lowest BCUT2D eigenvalue weighted by Crippen LogP contribution is -2.34. The van der Waals surface area contributed by atoms with Gasteiger partial charge in [-0.1, -0.05) is 67.6 Å². The van der Waals surface area contributed by atoms with Crippen LogP contribution in [0.25, 0.3) is 0 Å². The topological polar surface area (TPSA) is 68.3 Å². The largest absolute Gasteiger partial charge is 0.290 e. The Kier molecular flexibility index (Phi) is 5.90. The van der Waals surface area contributed by atoms with E-state index in [1.807, 2.05) is 0 Å². The molecule has 4 heteroatoms. The van der Waals surface area contributed by atoms with Crippen molar-refractivity contribution in [1.82, 2.24) is 0 Å². The Morgan fingerprint density at radius 3 is 1.62 bits per heavy atom. The highest BCUT2D eigenvalue weighted by Gasteiger charge is 2.34. The average molecular weight is 322 g/mol. The van der Waals surface area contributed by atoms with Gasteiger partial charge in [0, 0.05) is 6.42 Å². The van der Waals surface area contributed by atoms with Gasteiger partial charge in [-0.05, 0) is 17.5 Å². The minimum atomic E-state index is -1.24. The van der Waals surface area contributed by atoms with Crippen LogP contribution in [-0.4, -0.2) is 23.1 Å². The third-order valence-corrected chi connectivity index (χ3v) is 3.69. The minimum absolute atomic E-state index is 0.0286. The number of ketones is 4. The predicted octanol–water partition coefficient (Wildman–Crippen LogP) is 2.90. The third-order valence-electron chi connectivity index (χ3n) is 3.69. The Morgan fingerprint density at radius 2 is 1.21 bits per heavy atom. The number of Topliss-reactive ketones (excluding diaryl/α,β-unsaturated/α-hetero) is 4. The second-order valence-electron chi connectivity index (χ2n) is 5.45. The molecule has 0 spiro atoms. The summed E-state index contributed by atoms with van der Waals surface area (Å²) in [5.41, 5.74) is 1.22. The highest BCUT2D eigenvalue weighted by molar-refractivity contribution is 6.78. The molecular weight excluding hydrogens is 304 g/mol. The predicted molar refractivity (Wildman–Crippen MR) is 89.7 cm³/mol. The summed E-state index contributed by atoms with van der Waals surface area (Å²) >= 11 is 0. The summed E-state index contributed by atoms with van der Waals surface area (Å²) in [5.74, 6) is -5.04. The Balaban J connectivity index is 2.38. The molecule has 0 atom stereocenters. The van der Waals surface area contributed by atoms with Gasteiger partial charge >= 0.3 is 0 Å². The van der Waals surface area contributed by atoms with E-state index in [9.17, 15) is 19.2 Å². The van der Waals surface area contributed by atoms with Gasteiger partial charge in [0.05, 0.1) is 5.92 Å². The van der Waals surface area contributed by atoms with Gasteiger partial charge in [-0.25, -0.2) is 0 Å². The summed E-state index contributed by atoms with van der Waals surface area (Å²) in [4.78, 5) is 48.5. The van der Waals surface area contributed by atoms with Crippen molar-refractivity contribution in [2.24, 2.45) is 0 Å². The van der Waals surface area contributed by atoms with E-state index in [1.165, 1.54) is 0 Å². The zero-order valence-electron chi connectivity index (χ0n) is 13.4. The number of hydrogen-bond donors (Lipinski definition) is 0. The molecule has 0 aliphatic rings. The first-order valence-electron chi connectivity index (χ1n) is 7.81. The zero-order valence-corrected chi connectivity index (χ0v) is 13.4. The van der Waals surface area contributed by atoms with Gasteiger partial charge < -0.3 is 0 Å². The molecule has 0 saturated heterocycles. The molecule has 2 aromatic carbocycles. The van der Waals surface area contributed by atoms with Crippen molar-refractivity contribution in [3.8, 4) is 0 Å². The summed E-state index contributed by atoms with van der Waals surface area (Å²) in [7, 11) is 0. The molecule has 0 heterocycles. The maximum absolute atomic E-state index is 12.7. The van der Waals surface area contributed by atoms with Crippen molar-refractivity contribution in [1.29, 1.82) is 0 Å². The molecule has 2 rings (SSSR count). The van der Waals surface area contributed by atoms with Crippen LogP contribution in [-0.2, 0) is 19.2 Å². The highest BCUT2D eigenvalue weighted by atomic mass is 16.2. The van der Waals surface area contributed by atoms with E-state index in [-0.39, 0.29) is 6.42 Å². The molecule has 0 aliphatic heterocycles. The van der Waals surface area contributed by atoms with Crippen molar-refractivity contribution in [2.75, 3.05) is 0 Å². The lowest BCUT2D eigenvalue weighted by molar-refractivity contribution is -0.148. The second kappa shape index (κ2) is 8.11. The van der Waals surface area contributed by atoms with Crippen LogP contribution in [0.1, 0.15) is 36.8 Å². The molecule has 0 unspecified atom stereocenters. The quantitative estimate of drug-likeness (QED) is 0.553. The lowest BCUT2D eigenvalue weighted by Gasteiger charge is -2.15. The fourth-order valence-corrected chi connectivity index (χ4v) is 2.50. The van der Waals surface area contributed by atoms with E-state index in [1.54, 1.807) is 67.6 Å². The molecule has 0 radical (unpaired) electrons. The van der Waals surface area contributed by atoms with Crippen molar-refractivity contribution in [2.45, 2.75) is 25.7 Å². The van der Waals surface area contributed by atoms with E-state index in [4.69, 9.17) is 0 Å². The van der Waals surface area contributed by atoms with E-state index in [2.05, 4.69) is 0 Å². The Labute approximate surface area is 140 Å². The van der Waals surface area contributed by atoms with Crippen LogP contribution in [0.3, 0.4) is 0 Å². The molecule has 4 nitrogen and oxygen atoms in total. The molecule has 0 amide bonds. The fraction of sp³-hybridized carbons (Fsp3) is 0.200. The number of carbonyl (C=O) groups excluding carboxylic acids is 4. The standard InChI is InChI=1S/C20H18O4/c1-2-9-16(21)18(22)20(24)19(23)17(14-10-5-3-6-11-14)15-12-7-4-8-13-15/h3-8,10-13,17H,2,9H2,1H3. The van der Waals surface area contributed by atoms with Crippen LogP contribution in [0.2, 0.25) is 0 Å². The molecule has 0 fully saturated rings. The summed E-state index contributed by atoms with van der Waals surface area (Å²) < 4.78 is 0. The van der Waals surface area contributed by atoms with Crippen molar-refractivity contribution < 1.29 is 19.2 Å². The molecule has 0 saturated carbocycles. The summed E-state index contributed by atoms with van der Waals surface area (Å²) in [6.45, 7) is 1.73. The van der Waals surface area contributed by atoms with Crippen LogP contribution in [0.15, 0.2) is 60.7 Å². The van der Waals surface area contributed by atoms with E-state index in [0.717, 1.165) is 0 Å². The Bertz CT molecular complexity index is 708. The van der Waals surface area contributed by atoms with Gasteiger partial charge in [0.2, 0.25) is 11.6 Å². The van der Waals surface area contributed by atoms with E-state index >= 15 is 0 Å². The maximum atomic E-state index is 12.7. The maximum Gasteiger partial charge on any atom is 0.273 e. The SMILES string of the molecule is CCCC(=O)C(=O)C(=O)C(=O)C(c1ccccc1)c1ccccc1. The summed E-state index contributed by atoms with van der Waals surface area (Å²) in [6, 6.07) is 17.5. The molecule has 0 aliphatic carbocycles. The molecule has 122 valence electrons. The number of hydrogen-bond acceptors (Lipinski definition) is 4. The molecule has 24 heavy (non-hydrogen) atoms. The van der Waals surface area contributed by atoms with Gasteiger partial charge in [0.1, 0.15) is 0 Å². The Morgan fingerprint density at radius 1 is 0.750 bits per heavy atom. The van der Waals surface area contributed by atoms with Gasteiger partial charge in [0.15, 0.2) is 0 Å². The van der Waals surface area contributed by atoms with Gasteiger partial charge in [-0.3, -0.25) is 19.2 Å². The Hall–Kier alpha value is -2.88. The van der Waals surface area contributed by atoms with Crippen LogP contribution in [0, 0.1) is 0 Å². The van der Waals surface area contributed by atoms with E-state index < -0.39 is 29.1 Å². The van der Waals surface area contributed by atoms with Crippen LogP contribution >= 0.6 is 0 Å². The second-order valence-corrected chi connectivity index (χ2v) is 5.45. The van der Waals surface area contributed by atoms with Gasteiger partial charge in [-0.15, -0.1) is 0 Å². The normalized spacial score (nSPS) is 10.4. The van der Waals surface area contributed by atoms with Gasteiger partial charge in [-0.2, -0.15) is 0 Å². The van der Waals surface area contributed by atoms with Crippen LogP contribution in [0.4, 0.5) is 0 Å². The first-order valence-corrected chi connectivity index (χ1v) is 7.81. The van der Waals surface area contributed by atoms with Crippen molar-refractivity contribution >= 4 is 23.1 Å². The zero-order chi connectivity index (χ0) is 17.5. The summed E-state index contributed by atoms with van der Waals surface area (Å²) in [6.07, 6.45) is 0.423. The first-order chi connectivity index (χ1) is 11.6. The fourth-order valence-electron chi connectivity index (χ4n) is 2.50. The summed E-state index contributed by atoms with van der Waals surface area (Å²) in [5, 5.41) is 0. The smallest absolute Gasteiger partial charge is 0.273 e. The number of carbonyl (C=O) groups is 4. The van der Waals surface area contributed by atoms with Crippen molar-refractivity contribution in [3.05, 3.63) is 71.8 Å². The molecule has 0 N–H and O–H groups in total. The lowest BCUT2D eigenvalue weighted by atomic mass is 9.85. The number of rotatable bonds is 8. The highest BCUT2D eigenvalue weighted by Crippen LogP contribution is 2.26. The number of benzene rings is 2. The molecule has 0 aromatic heterocycles. The third kappa shape index (κ3) is 3.90. The monoisotopic (exact) mass is 322 g/mol. The van der Waals surface area contributed by atoms with Crippen LogP contribution in [0.5, 0.6) is 0 Å². The van der Waals surface area contributed by atoms with E-state index in [0.29, 0.717) is 17.5 Å².